The first kappa shape index (κ1) is 17.4. The number of ether oxygens (including phenoxy) is 1. The highest BCUT2D eigenvalue weighted by molar-refractivity contribution is 7.89. The first-order valence-corrected chi connectivity index (χ1v) is 10.0. The van der Waals surface area contributed by atoms with Gasteiger partial charge in [-0.05, 0) is 44.7 Å². The Labute approximate surface area is 144 Å². The SMILES string of the molecule is COC(=O)CC1CCC2(CCCC2)N1S(=O)(=O)c1ccc(C)cc1. The average Bonchev–Trinajstić information content (AvgIpc) is 3.16. The summed E-state index contributed by atoms with van der Waals surface area (Å²) in [5.74, 6) is -0.348. The van der Waals surface area contributed by atoms with Crippen molar-refractivity contribution in [2.75, 3.05) is 7.11 Å². The number of esters is 1. The highest BCUT2D eigenvalue weighted by Crippen LogP contribution is 2.49. The van der Waals surface area contributed by atoms with E-state index in [4.69, 9.17) is 4.74 Å². The van der Waals surface area contributed by atoms with E-state index in [9.17, 15) is 13.2 Å². The van der Waals surface area contributed by atoms with E-state index in [1.54, 1.807) is 16.4 Å². The number of nitrogens with zero attached hydrogens (tertiary/aromatic N) is 1. The fourth-order valence-electron chi connectivity index (χ4n) is 4.29. The molecule has 1 aliphatic heterocycles. The molecule has 1 saturated carbocycles. The molecule has 1 spiro atoms. The van der Waals surface area contributed by atoms with Gasteiger partial charge in [0.05, 0.1) is 18.4 Å². The van der Waals surface area contributed by atoms with Gasteiger partial charge in [-0.3, -0.25) is 4.79 Å². The molecule has 0 N–H and O–H groups in total. The number of hydrogen-bond acceptors (Lipinski definition) is 4. The maximum atomic E-state index is 13.4. The van der Waals surface area contributed by atoms with E-state index < -0.39 is 10.0 Å². The quantitative estimate of drug-likeness (QED) is 0.782. The van der Waals surface area contributed by atoms with Gasteiger partial charge >= 0.3 is 5.97 Å². The molecular formula is C18H25NO4S. The lowest BCUT2D eigenvalue weighted by Gasteiger charge is -2.37. The second kappa shape index (κ2) is 6.48. The van der Waals surface area contributed by atoms with Crippen LogP contribution in [0.2, 0.25) is 0 Å². The van der Waals surface area contributed by atoms with Crippen LogP contribution in [0.5, 0.6) is 0 Å². The summed E-state index contributed by atoms with van der Waals surface area (Å²) in [7, 11) is -2.28. The van der Waals surface area contributed by atoms with Crippen LogP contribution < -0.4 is 0 Å². The van der Waals surface area contributed by atoms with Gasteiger partial charge in [-0.15, -0.1) is 0 Å². The van der Waals surface area contributed by atoms with Crippen molar-refractivity contribution in [3.63, 3.8) is 0 Å². The zero-order valence-electron chi connectivity index (χ0n) is 14.3. The normalized spacial score (nSPS) is 23.7. The van der Waals surface area contributed by atoms with Crippen molar-refractivity contribution >= 4 is 16.0 Å². The lowest BCUT2D eigenvalue weighted by atomic mass is 9.96. The van der Waals surface area contributed by atoms with E-state index in [0.29, 0.717) is 4.90 Å². The maximum Gasteiger partial charge on any atom is 0.307 e. The lowest BCUT2D eigenvalue weighted by molar-refractivity contribution is -0.141. The van der Waals surface area contributed by atoms with Crippen molar-refractivity contribution in [3.05, 3.63) is 29.8 Å². The van der Waals surface area contributed by atoms with Gasteiger partial charge in [0.1, 0.15) is 0 Å². The Morgan fingerprint density at radius 3 is 2.42 bits per heavy atom. The molecule has 2 aliphatic rings. The Balaban J connectivity index is 2.00. The number of sulfonamides is 1. The van der Waals surface area contributed by atoms with Gasteiger partial charge in [0.15, 0.2) is 0 Å². The van der Waals surface area contributed by atoms with Crippen molar-refractivity contribution in [1.82, 2.24) is 4.31 Å². The minimum absolute atomic E-state index is 0.128. The summed E-state index contributed by atoms with van der Waals surface area (Å²) in [5, 5.41) is 0. The Morgan fingerprint density at radius 1 is 1.21 bits per heavy atom. The molecule has 2 fully saturated rings. The Morgan fingerprint density at radius 2 is 1.83 bits per heavy atom. The molecule has 0 amide bonds. The molecule has 1 atom stereocenters. The molecule has 6 heteroatoms. The summed E-state index contributed by atoms with van der Waals surface area (Å²) < 4.78 is 33.2. The number of benzene rings is 1. The number of rotatable bonds is 4. The van der Waals surface area contributed by atoms with Gasteiger partial charge in [0, 0.05) is 11.6 Å². The van der Waals surface area contributed by atoms with E-state index >= 15 is 0 Å². The number of carbonyl (C=O) groups is 1. The minimum atomic E-state index is -3.62. The molecule has 1 aromatic rings. The van der Waals surface area contributed by atoms with Crippen LogP contribution in [0.4, 0.5) is 0 Å². The summed E-state index contributed by atoms with van der Waals surface area (Å²) in [4.78, 5) is 12.1. The average molecular weight is 351 g/mol. The largest absolute Gasteiger partial charge is 0.469 e. The topological polar surface area (TPSA) is 63.7 Å². The highest BCUT2D eigenvalue weighted by atomic mass is 32.2. The van der Waals surface area contributed by atoms with E-state index in [1.807, 2.05) is 19.1 Å². The predicted molar refractivity (Wildman–Crippen MR) is 91.1 cm³/mol. The Bertz CT molecular complexity index is 705. The third-order valence-corrected chi connectivity index (χ3v) is 7.56. The lowest BCUT2D eigenvalue weighted by Crippen LogP contribution is -2.49. The molecule has 0 bridgehead atoms. The van der Waals surface area contributed by atoms with Crippen LogP contribution in [0.15, 0.2) is 29.2 Å². The molecule has 1 aromatic carbocycles. The monoisotopic (exact) mass is 351 g/mol. The second-order valence-electron chi connectivity index (χ2n) is 7.02. The third-order valence-electron chi connectivity index (χ3n) is 5.48. The first-order chi connectivity index (χ1) is 11.4. The van der Waals surface area contributed by atoms with E-state index in [-0.39, 0.29) is 24.0 Å². The van der Waals surface area contributed by atoms with Crippen LogP contribution in [0.3, 0.4) is 0 Å². The van der Waals surface area contributed by atoms with Crippen LogP contribution in [0, 0.1) is 6.92 Å². The predicted octanol–water partition coefficient (Wildman–Crippen LogP) is 3.02. The van der Waals surface area contributed by atoms with Crippen molar-refractivity contribution in [2.24, 2.45) is 0 Å². The summed E-state index contributed by atoms with van der Waals surface area (Å²) >= 11 is 0. The fourth-order valence-corrected chi connectivity index (χ4v) is 6.35. The van der Waals surface area contributed by atoms with Gasteiger partial charge in [0.25, 0.3) is 0 Å². The molecule has 1 heterocycles. The van der Waals surface area contributed by atoms with Crippen LogP contribution in [-0.4, -0.2) is 37.4 Å². The summed E-state index contributed by atoms with van der Waals surface area (Å²) in [6.45, 7) is 1.94. The summed E-state index contributed by atoms with van der Waals surface area (Å²) in [6.07, 6.45) is 5.55. The molecule has 1 aliphatic carbocycles. The number of hydrogen-bond donors (Lipinski definition) is 0. The summed E-state index contributed by atoms with van der Waals surface area (Å²) in [5.41, 5.74) is 0.708. The molecule has 1 saturated heterocycles. The van der Waals surface area contributed by atoms with Gasteiger partial charge in [0.2, 0.25) is 10.0 Å². The van der Waals surface area contributed by atoms with Gasteiger partial charge < -0.3 is 4.74 Å². The Kier molecular flexibility index (Phi) is 4.71. The third kappa shape index (κ3) is 2.97. The zero-order valence-corrected chi connectivity index (χ0v) is 15.1. The molecular weight excluding hydrogens is 326 g/mol. The van der Waals surface area contributed by atoms with E-state index in [0.717, 1.165) is 44.1 Å². The van der Waals surface area contributed by atoms with Crippen molar-refractivity contribution in [3.8, 4) is 0 Å². The fraction of sp³-hybridized carbons (Fsp3) is 0.611. The number of aryl methyl sites for hydroxylation is 1. The molecule has 132 valence electrons. The van der Waals surface area contributed by atoms with Crippen molar-refractivity contribution < 1.29 is 17.9 Å². The van der Waals surface area contributed by atoms with E-state index in [2.05, 4.69) is 0 Å². The zero-order chi connectivity index (χ0) is 17.4. The Hall–Kier alpha value is -1.40. The standard InChI is InChI=1S/C18H25NO4S/c1-14-5-7-16(8-6-14)24(21,22)19-15(13-17(20)23-2)9-12-18(19)10-3-4-11-18/h5-8,15H,3-4,9-13H2,1-2H3. The molecule has 1 unspecified atom stereocenters. The molecule has 5 nitrogen and oxygen atoms in total. The van der Waals surface area contributed by atoms with E-state index in [1.165, 1.54) is 7.11 Å². The summed E-state index contributed by atoms with van der Waals surface area (Å²) in [6, 6.07) is 6.67. The highest BCUT2D eigenvalue weighted by Gasteiger charge is 2.53. The first-order valence-electron chi connectivity index (χ1n) is 8.57. The van der Waals surface area contributed by atoms with Crippen LogP contribution in [0.25, 0.3) is 0 Å². The van der Waals surface area contributed by atoms with Crippen molar-refractivity contribution in [1.29, 1.82) is 0 Å². The molecule has 0 aromatic heterocycles. The minimum Gasteiger partial charge on any atom is -0.469 e. The van der Waals surface area contributed by atoms with Gasteiger partial charge in [-0.2, -0.15) is 4.31 Å². The number of carbonyl (C=O) groups excluding carboxylic acids is 1. The molecule has 3 rings (SSSR count). The van der Waals surface area contributed by atoms with Crippen LogP contribution in [0.1, 0.15) is 50.5 Å². The van der Waals surface area contributed by atoms with Crippen LogP contribution >= 0.6 is 0 Å². The van der Waals surface area contributed by atoms with Crippen LogP contribution in [-0.2, 0) is 19.6 Å². The van der Waals surface area contributed by atoms with Crippen molar-refractivity contribution in [2.45, 2.75) is 68.3 Å². The second-order valence-corrected chi connectivity index (χ2v) is 8.83. The number of methoxy groups -OCH3 is 1. The molecule has 0 radical (unpaired) electrons. The smallest absolute Gasteiger partial charge is 0.307 e. The molecule has 24 heavy (non-hydrogen) atoms. The maximum absolute atomic E-state index is 13.4. The van der Waals surface area contributed by atoms with Gasteiger partial charge in [-0.1, -0.05) is 30.5 Å². The van der Waals surface area contributed by atoms with Gasteiger partial charge in [-0.25, -0.2) is 8.42 Å².